The summed E-state index contributed by atoms with van der Waals surface area (Å²) < 4.78 is 0. The second-order valence-electron chi connectivity index (χ2n) is 4.72. The van der Waals surface area contributed by atoms with E-state index >= 15 is 0 Å². The van der Waals surface area contributed by atoms with E-state index in [2.05, 4.69) is 12.2 Å². The van der Waals surface area contributed by atoms with Crippen LogP contribution >= 0.6 is 0 Å². The van der Waals surface area contributed by atoms with Crippen LogP contribution in [0.1, 0.15) is 42.6 Å². The molecule has 1 aromatic carbocycles. The van der Waals surface area contributed by atoms with Gasteiger partial charge < -0.3 is 11.1 Å². The van der Waals surface area contributed by atoms with Crippen LogP contribution in [0.15, 0.2) is 24.3 Å². The molecular weight excluding hydrogens is 212 g/mol. The Morgan fingerprint density at radius 2 is 2.06 bits per heavy atom. The van der Waals surface area contributed by atoms with Crippen molar-refractivity contribution >= 4 is 5.91 Å². The smallest absolute Gasteiger partial charge is 0.251 e. The summed E-state index contributed by atoms with van der Waals surface area (Å²) >= 11 is 0. The third-order valence-electron chi connectivity index (χ3n) is 3.28. The van der Waals surface area contributed by atoms with E-state index in [-0.39, 0.29) is 11.4 Å². The van der Waals surface area contributed by atoms with Crippen LogP contribution in [0, 0.1) is 6.92 Å². The SMILES string of the molecule is CCC(C)(CCN)NC(=O)c1ccccc1C. The molecule has 1 atom stereocenters. The van der Waals surface area contributed by atoms with Gasteiger partial charge in [0.05, 0.1) is 0 Å². The van der Waals surface area contributed by atoms with Crippen LogP contribution in [0.5, 0.6) is 0 Å². The van der Waals surface area contributed by atoms with Crippen molar-refractivity contribution in [3.05, 3.63) is 35.4 Å². The normalized spacial score (nSPS) is 14.1. The Labute approximate surface area is 103 Å². The molecule has 0 spiro atoms. The van der Waals surface area contributed by atoms with Gasteiger partial charge in [-0.3, -0.25) is 4.79 Å². The zero-order chi connectivity index (χ0) is 12.9. The molecular formula is C14H22N2O. The Balaban J connectivity index is 2.82. The van der Waals surface area contributed by atoms with Gasteiger partial charge in [0.2, 0.25) is 0 Å². The van der Waals surface area contributed by atoms with Gasteiger partial charge in [0.25, 0.3) is 5.91 Å². The van der Waals surface area contributed by atoms with Crippen LogP contribution in [0.25, 0.3) is 0 Å². The molecule has 0 aliphatic rings. The number of hydrogen-bond donors (Lipinski definition) is 2. The van der Waals surface area contributed by atoms with Gasteiger partial charge in [0.1, 0.15) is 0 Å². The van der Waals surface area contributed by atoms with Gasteiger partial charge in [0, 0.05) is 11.1 Å². The van der Waals surface area contributed by atoms with Gasteiger partial charge in [-0.2, -0.15) is 0 Å². The largest absolute Gasteiger partial charge is 0.347 e. The Morgan fingerprint density at radius 3 is 2.59 bits per heavy atom. The number of hydrogen-bond acceptors (Lipinski definition) is 2. The number of rotatable bonds is 5. The molecule has 0 aliphatic heterocycles. The molecule has 3 nitrogen and oxygen atoms in total. The maximum Gasteiger partial charge on any atom is 0.251 e. The van der Waals surface area contributed by atoms with E-state index in [1.807, 2.05) is 38.1 Å². The van der Waals surface area contributed by atoms with E-state index in [1.165, 1.54) is 0 Å². The highest BCUT2D eigenvalue weighted by molar-refractivity contribution is 5.96. The maximum atomic E-state index is 12.2. The standard InChI is InChI=1S/C14H22N2O/c1-4-14(3,9-10-15)16-13(17)12-8-6-5-7-11(12)2/h5-8H,4,9-10,15H2,1-3H3,(H,16,17). The molecule has 0 fully saturated rings. The van der Waals surface area contributed by atoms with Gasteiger partial charge >= 0.3 is 0 Å². The van der Waals surface area contributed by atoms with Crippen LogP contribution in [-0.2, 0) is 0 Å². The lowest BCUT2D eigenvalue weighted by Gasteiger charge is -2.29. The highest BCUT2D eigenvalue weighted by Crippen LogP contribution is 2.15. The molecule has 0 aliphatic carbocycles. The predicted molar refractivity (Wildman–Crippen MR) is 71.0 cm³/mol. The summed E-state index contributed by atoms with van der Waals surface area (Å²) in [5.41, 5.74) is 7.11. The third kappa shape index (κ3) is 3.56. The summed E-state index contributed by atoms with van der Waals surface area (Å²) in [5, 5.41) is 3.08. The molecule has 1 aromatic rings. The van der Waals surface area contributed by atoms with Gasteiger partial charge in [-0.05, 0) is 44.9 Å². The van der Waals surface area contributed by atoms with Gasteiger partial charge in [-0.15, -0.1) is 0 Å². The molecule has 3 heteroatoms. The van der Waals surface area contributed by atoms with E-state index in [4.69, 9.17) is 5.73 Å². The lowest BCUT2D eigenvalue weighted by atomic mass is 9.93. The highest BCUT2D eigenvalue weighted by atomic mass is 16.1. The Kier molecular flexibility index (Phi) is 4.70. The third-order valence-corrected chi connectivity index (χ3v) is 3.28. The van der Waals surface area contributed by atoms with Crippen molar-refractivity contribution in [2.24, 2.45) is 5.73 Å². The average molecular weight is 234 g/mol. The first-order valence-electron chi connectivity index (χ1n) is 6.10. The fourth-order valence-electron chi connectivity index (χ4n) is 1.82. The Bertz CT molecular complexity index is 390. The summed E-state index contributed by atoms with van der Waals surface area (Å²) in [4.78, 5) is 12.2. The Morgan fingerprint density at radius 1 is 1.41 bits per heavy atom. The van der Waals surface area contributed by atoms with E-state index in [0.29, 0.717) is 6.54 Å². The summed E-state index contributed by atoms with van der Waals surface area (Å²) in [5.74, 6) is -0.0131. The predicted octanol–water partition coefficient (Wildman–Crippen LogP) is 2.24. The molecule has 94 valence electrons. The molecule has 1 unspecified atom stereocenters. The Hall–Kier alpha value is -1.35. The molecule has 0 saturated heterocycles. The van der Waals surface area contributed by atoms with Gasteiger partial charge in [-0.25, -0.2) is 0 Å². The van der Waals surface area contributed by atoms with E-state index in [1.54, 1.807) is 0 Å². The van der Waals surface area contributed by atoms with Crippen molar-refractivity contribution in [1.82, 2.24) is 5.32 Å². The first-order valence-corrected chi connectivity index (χ1v) is 6.10. The van der Waals surface area contributed by atoms with Gasteiger partial charge in [-0.1, -0.05) is 25.1 Å². The minimum Gasteiger partial charge on any atom is -0.347 e. The highest BCUT2D eigenvalue weighted by Gasteiger charge is 2.24. The van der Waals surface area contributed by atoms with Gasteiger partial charge in [0.15, 0.2) is 0 Å². The molecule has 1 amide bonds. The number of aryl methyl sites for hydroxylation is 1. The number of nitrogens with two attached hydrogens (primary N) is 1. The fraction of sp³-hybridized carbons (Fsp3) is 0.500. The molecule has 0 saturated carbocycles. The lowest BCUT2D eigenvalue weighted by Crippen LogP contribution is -2.47. The van der Waals surface area contributed by atoms with Crippen LogP contribution in [0.4, 0.5) is 0 Å². The minimum absolute atomic E-state index is 0.0131. The molecule has 0 aromatic heterocycles. The molecule has 0 bridgehead atoms. The van der Waals surface area contributed by atoms with Crippen molar-refractivity contribution in [3.8, 4) is 0 Å². The number of carbonyl (C=O) groups is 1. The van der Waals surface area contributed by atoms with Crippen molar-refractivity contribution in [3.63, 3.8) is 0 Å². The van der Waals surface area contributed by atoms with E-state index in [0.717, 1.165) is 24.0 Å². The van der Waals surface area contributed by atoms with Crippen LogP contribution in [0.2, 0.25) is 0 Å². The first kappa shape index (κ1) is 13.7. The minimum atomic E-state index is -0.214. The van der Waals surface area contributed by atoms with Crippen molar-refractivity contribution in [2.75, 3.05) is 6.54 Å². The zero-order valence-corrected chi connectivity index (χ0v) is 10.9. The monoisotopic (exact) mass is 234 g/mol. The number of carbonyl (C=O) groups excluding carboxylic acids is 1. The molecule has 0 radical (unpaired) electrons. The van der Waals surface area contributed by atoms with Crippen LogP contribution < -0.4 is 11.1 Å². The van der Waals surface area contributed by atoms with Crippen molar-refractivity contribution in [2.45, 2.75) is 39.2 Å². The van der Waals surface area contributed by atoms with Crippen molar-refractivity contribution in [1.29, 1.82) is 0 Å². The van der Waals surface area contributed by atoms with Crippen LogP contribution in [0.3, 0.4) is 0 Å². The second-order valence-corrected chi connectivity index (χ2v) is 4.72. The van der Waals surface area contributed by atoms with Crippen LogP contribution in [-0.4, -0.2) is 18.0 Å². The number of benzene rings is 1. The second kappa shape index (κ2) is 5.82. The summed E-state index contributed by atoms with van der Waals surface area (Å²) in [6.07, 6.45) is 1.67. The maximum absolute atomic E-state index is 12.2. The summed E-state index contributed by atoms with van der Waals surface area (Å²) in [6.45, 7) is 6.63. The number of amides is 1. The summed E-state index contributed by atoms with van der Waals surface area (Å²) in [7, 11) is 0. The molecule has 3 N–H and O–H groups in total. The average Bonchev–Trinajstić information content (AvgIpc) is 2.29. The molecule has 1 rings (SSSR count). The quantitative estimate of drug-likeness (QED) is 0.821. The lowest BCUT2D eigenvalue weighted by molar-refractivity contribution is 0.0899. The zero-order valence-electron chi connectivity index (χ0n) is 10.9. The first-order chi connectivity index (χ1) is 8.02. The topological polar surface area (TPSA) is 55.1 Å². The number of nitrogens with one attached hydrogen (secondary N) is 1. The van der Waals surface area contributed by atoms with E-state index in [9.17, 15) is 4.79 Å². The molecule has 17 heavy (non-hydrogen) atoms. The molecule has 0 heterocycles. The van der Waals surface area contributed by atoms with Crippen molar-refractivity contribution < 1.29 is 4.79 Å². The summed E-state index contributed by atoms with van der Waals surface area (Å²) in [6, 6.07) is 7.61. The van der Waals surface area contributed by atoms with E-state index < -0.39 is 0 Å². The fourth-order valence-corrected chi connectivity index (χ4v) is 1.82.